The first-order valence-corrected chi connectivity index (χ1v) is 10.1. The van der Waals surface area contributed by atoms with E-state index in [0.717, 1.165) is 24.2 Å². The van der Waals surface area contributed by atoms with E-state index in [-0.39, 0.29) is 17.9 Å². The number of ether oxygens (including phenoxy) is 2. The number of carbonyl (C=O) groups excluding carboxylic acids is 2. The highest BCUT2D eigenvalue weighted by molar-refractivity contribution is 7.98. The second-order valence-electron chi connectivity index (χ2n) is 5.99. The number of rotatable bonds is 8. The molecule has 0 aliphatic carbocycles. The van der Waals surface area contributed by atoms with Crippen molar-refractivity contribution >= 4 is 29.7 Å². The topological polar surface area (TPSA) is 76.7 Å². The van der Waals surface area contributed by atoms with Gasteiger partial charge in [0.15, 0.2) is 11.5 Å². The number of carbonyl (C=O) groups is 2. The summed E-state index contributed by atoms with van der Waals surface area (Å²) in [5, 5.41) is 5.70. The van der Waals surface area contributed by atoms with E-state index < -0.39 is 0 Å². The highest BCUT2D eigenvalue weighted by Crippen LogP contribution is 2.28. The van der Waals surface area contributed by atoms with Crippen LogP contribution in [0.3, 0.4) is 0 Å². The summed E-state index contributed by atoms with van der Waals surface area (Å²) in [4.78, 5) is 23.7. The van der Waals surface area contributed by atoms with Crippen molar-refractivity contribution in [3.8, 4) is 11.5 Å². The monoisotopic (exact) mass is 378 g/mol. The van der Waals surface area contributed by atoms with Gasteiger partial charge in [0.2, 0.25) is 11.8 Å². The normalized spacial score (nSPS) is 17.5. The van der Waals surface area contributed by atoms with Crippen LogP contribution < -0.4 is 20.1 Å². The molecule has 1 unspecified atom stereocenters. The molecular weight excluding hydrogens is 352 g/mol. The first kappa shape index (κ1) is 20.2. The second-order valence-corrected chi connectivity index (χ2v) is 6.97. The van der Waals surface area contributed by atoms with Gasteiger partial charge < -0.3 is 20.1 Å². The fraction of sp³-hybridized carbons (Fsp3) is 0.474. The summed E-state index contributed by atoms with van der Waals surface area (Å²) in [7, 11) is 1.60. The summed E-state index contributed by atoms with van der Waals surface area (Å²) in [5.41, 5.74) is 0.846. The zero-order valence-corrected chi connectivity index (χ0v) is 16.1. The largest absolute Gasteiger partial charge is 0.493 e. The van der Waals surface area contributed by atoms with Gasteiger partial charge in [-0.25, -0.2) is 0 Å². The van der Waals surface area contributed by atoms with Crippen molar-refractivity contribution in [2.24, 2.45) is 0 Å². The third-order valence-electron chi connectivity index (χ3n) is 3.99. The molecule has 26 heavy (non-hydrogen) atoms. The van der Waals surface area contributed by atoms with Crippen molar-refractivity contribution in [2.45, 2.75) is 25.3 Å². The van der Waals surface area contributed by atoms with Gasteiger partial charge in [0.1, 0.15) is 0 Å². The fourth-order valence-corrected chi connectivity index (χ4v) is 2.91. The summed E-state index contributed by atoms with van der Waals surface area (Å²) >= 11 is 1.71. The maximum absolute atomic E-state index is 12.1. The number of nitrogens with one attached hydrogen (secondary N) is 2. The van der Waals surface area contributed by atoms with Crippen LogP contribution in [0.1, 0.15) is 24.8 Å². The van der Waals surface area contributed by atoms with Gasteiger partial charge >= 0.3 is 0 Å². The number of thioether (sulfide) groups is 1. The summed E-state index contributed by atoms with van der Waals surface area (Å²) < 4.78 is 11.0. The number of hydrogen-bond donors (Lipinski definition) is 2. The predicted molar refractivity (Wildman–Crippen MR) is 105 cm³/mol. The van der Waals surface area contributed by atoms with E-state index >= 15 is 0 Å². The van der Waals surface area contributed by atoms with Crippen molar-refractivity contribution in [3.63, 3.8) is 0 Å². The van der Waals surface area contributed by atoms with Crippen LogP contribution in [0, 0.1) is 0 Å². The van der Waals surface area contributed by atoms with E-state index in [1.807, 2.05) is 24.5 Å². The molecule has 0 aromatic heterocycles. The van der Waals surface area contributed by atoms with Gasteiger partial charge in [-0.3, -0.25) is 9.59 Å². The van der Waals surface area contributed by atoms with Crippen molar-refractivity contribution in [2.75, 3.05) is 32.3 Å². The zero-order valence-electron chi connectivity index (χ0n) is 15.2. The molecule has 1 saturated heterocycles. The van der Waals surface area contributed by atoms with E-state index in [0.29, 0.717) is 31.1 Å². The van der Waals surface area contributed by atoms with Gasteiger partial charge in [-0.15, -0.1) is 0 Å². The molecule has 2 rings (SSSR count). The first-order valence-electron chi connectivity index (χ1n) is 8.67. The highest BCUT2D eigenvalue weighted by atomic mass is 32.2. The molecule has 0 spiro atoms. The Morgan fingerprint density at radius 1 is 1.42 bits per heavy atom. The summed E-state index contributed by atoms with van der Waals surface area (Å²) in [5.74, 6) is 1.99. The van der Waals surface area contributed by atoms with Crippen molar-refractivity contribution in [1.29, 1.82) is 0 Å². The molecule has 1 aromatic rings. The Morgan fingerprint density at radius 2 is 2.27 bits per heavy atom. The van der Waals surface area contributed by atoms with Gasteiger partial charge in [0.25, 0.3) is 0 Å². The molecule has 0 radical (unpaired) electrons. The number of hydrogen-bond acceptors (Lipinski definition) is 5. The van der Waals surface area contributed by atoms with Gasteiger partial charge in [-0.05, 0) is 42.9 Å². The Balaban J connectivity index is 1.96. The third kappa shape index (κ3) is 6.63. The lowest BCUT2D eigenvalue weighted by atomic mass is 10.1. The Hall–Kier alpha value is -2.15. The smallest absolute Gasteiger partial charge is 0.244 e. The first-order chi connectivity index (χ1) is 12.6. The number of methoxy groups -OCH3 is 1. The summed E-state index contributed by atoms with van der Waals surface area (Å²) in [6.07, 6.45) is 7.24. The van der Waals surface area contributed by atoms with Gasteiger partial charge in [0, 0.05) is 30.8 Å². The molecule has 2 amide bonds. The van der Waals surface area contributed by atoms with Crippen LogP contribution in [0.2, 0.25) is 0 Å². The Labute approximate surface area is 158 Å². The highest BCUT2D eigenvalue weighted by Gasteiger charge is 2.18. The second kappa shape index (κ2) is 10.8. The maximum Gasteiger partial charge on any atom is 0.244 e. The summed E-state index contributed by atoms with van der Waals surface area (Å²) in [6.45, 7) is 1.27. The summed E-state index contributed by atoms with van der Waals surface area (Å²) in [6, 6.07) is 5.42. The molecule has 7 heteroatoms. The number of amides is 2. The van der Waals surface area contributed by atoms with Crippen molar-refractivity contribution in [3.05, 3.63) is 29.8 Å². The third-order valence-corrected chi connectivity index (χ3v) is 4.56. The predicted octanol–water partition coefficient (Wildman–Crippen LogP) is 2.24. The van der Waals surface area contributed by atoms with Crippen LogP contribution in [0.15, 0.2) is 24.3 Å². The molecular formula is C19H26N2O4S. The average molecular weight is 378 g/mol. The minimum atomic E-state index is -0.203. The van der Waals surface area contributed by atoms with Gasteiger partial charge in [-0.1, -0.05) is 6.07 Å². The molecule has 0 bridgehead atoms. The Bertz CT molecular complexity index is 648. The maximum atomic E-state index is 12.1. The van der Waals surface area contributed by atoms with Crippen molar-refractivity contribution in [1.82, 2.24) is 10.6 Å². The van der Waals surface area contributed by atoms with Crippen molar-refractivity contribution < 1.29 is 19.1 Å². The Kier molecular flexibility index (Phi) is 8.34. The zero-order chi connectivity index (χ0) is 18.8. The van der Waals surface area contributed by atoms with E-state index in [9.17, 15) is 9.59 Å². The lowest BCUT2D eigenvalue weighted by molar-refractivity contribution is -0.121. The van der Waals surface area contributed by atoms with Crippen LogP contribution in [-0.2, 0) is 9.59 Å². The van der Waals surface area contributed by atoms with Gasteiger partial charge in [-0.2, -0.15) is 11.8 Å². The molecule has 1 aliphatic heterocycles. The van der Waals surface area contributed by atoms with Crippen LogP contribution >= 0.6 is 11.8 Å². The number of benzene rings is 1. The molecule has 1 aliphatic rings. The average Bonchev–Trinajstić information content (AvgIpc) is 2.84. The lowest BCUT2D eigenvalue weighted by Gasteiger charge is -2.13. The molecule has 0 saturated carbocycles. The SMILES string of the molecule is COc1ccc(C=CC(=O)NC2CCCNC(=O)C2)cc1OCCSC. The molecule has 2 N–H and O–H groups in total. The van der Waals surface area contributed by atoms with Crippen LogP contribution in [-0.4, -0.2) is 50.1 Å². The Morgan fingerprint density at radius 3 is 3.04 bits per heavy atom. The molecule has 142 valence electrons. The quantitative estimate of drug-likeness (QED) is 0.536. The minimum Gasteiger partial charge on any atom is -0.493 e. The molecule has 1 aromatic carbocycles. The van der Waals surface area contributed by atoms with Crippen LogP contribution in [0.5, 0.6) is 11.5 Å². The molecule has 6 nitrogen and oxygen atoms in total. The molecule has 1 atom stereocenters. The fourth-order valence-electron chi connectivity index (χ4n) is 2.66. The lowest BCUT2D eigenvalue weighted by Crippen LogP contribution is -2.35. The van der Waals surface area contributed by atoms with Crippen LogP contribution in [0.25, 0.3) is 6.08 Å². The van der Waals surface area contributed by atoms with Gasteiger partial charge in [0.05, 0.1) is 13.7 Å². The molecule has 1 heterocycles. The van der Waals surface area contributed by atoms with E-state index in [4.69, 9.17) is 9.47 Å². The standard InChI is InChI=1S/C19H26N2O4S/c1-24-16-7-5-14(12-17(16)25-10-11-26-2)6-8-18(22)21-15-4-3-9-20-19(23)13-15/h5-8,12,15H,3-4,9-11,13H2,1-2H3,(H,20,23)(H,21,22). The minimum absolute atomic E-state index is 0.0148. The van der Waals surface area contributed by atoms with E-state index in [1.54, 1.807) is 24.9 Å². The molecule has 1 fully saturated rings. The van der Waals surface area contributed by atoms with E-state index in [2.05, 4.69) is 10.6 Å². The van der Waals surface area contributed by atoms with E-state index in [1.165, 1.54) is 6.08 Å². The van der Waals surface area contributed by atoms with Crippen LogP contribution in [0.4, 0.5) is 0 Å².